The second-order valence-electron chi connectivity index (χ2n) is 10.6. The summed E-state index contributed by atoms with van der Waals surface area (Å²) in [4.78, 5) is 30.0. The third-order valence-electron chi connectivity index (χ3n) is 7.37. The van der Waals surface area contributed by atoms with Crippen LogP contribution in [0.3, 0.4) is 0 Å². The molecule has 2 fully saturated rings. The molecule has 1 aliphatic carbocycles. The summed E-state index contributed by atoms with van der Waals surface area (Å²) in [7, 11) is 3.85. The van der Waals surface area contributed by atoms with Crippen LogP contribution in [0.25, 0.3) is 11.2 Å². The van der Waals surface area contributed by atoms with E-state index < -0.39 is 5.41 Å². The Bertz CT molecular complexity index is 1270. The summed E-state index contributed by atoms with van der Waals surface area (Å²) in [6, 6.07) is 3.66. The Labute approximate surface area is 204 Å². The quantitative estimate of drug-likeness (QED) is 0.535. The van der Waals surface area contributed by atoms with E-state index in [2.05, 4.69) is 32.1 Å². The van der Waals surface area contributed by atoms with Crippen molar-refractivity contribution < 1.29 is 9.18 Å². The molecule has 0 unspecified atom stereocenters. The standard InChI is InChI=1S/C25H33FN8O/c1-15-9-19(15)31-24(35)25(2)7-8-33(12-25)20-6-5-18(26)16(10-32(3)4)17(20)11-34-14-30-21-22(27)28-13-29-23(21)34/h5-6,13-15,19H,7-12H2,1-4H3,(H,31,35)(H2,27,28,29)/t15-,19-,25-/m0/s1. The first kappa shape index (κ1) is 23.5. The highest BCUT2D eigenvalue weighted by Crippen LogP contribution is 2.38. The van der Waals surface area contributed by atoms with Gasteiger partial charge in [-0.05, 0) is 51.9 Å². The molecular formula is C25H33FN8O. The number of nitrogen functional groups attached to an aromatic ring is 1. The zero-order valence-corrected chi connectivity index (χ0v) is 20.8. The fourth-order valence-electron chi connectivity index (χ4n) is 5.01. The molecule has 2 aromatic heterocycles. The molecule has 0 radical (unpaired) electrons. The van der Waals surface area contributed by atoms with Gasteiger partial charge in [-0.2, -0.15) is 0 Å². The van der Waals surface area contributed by atoms with Crippen LogP contribution in [0.5, 0.6) is 0 Å². The molecule has 1 amide bonds. The molecule has 2 aliphatic rings. The molecule has 3 atom stereocenters. The van der Waals surface area contributed by atoms with Crippen LogP contribution in [0.1, 0.15) is 37.8 Å². The first-order valence-electron chi connectivity index (χ1n) is 12.1. The third-order valence-corrected chi connectivity index (χ3v) is 7.37. The van der Waals surface area contributed by atoms with E-state index in [1.54, 1.807) is 6.33 Å². The van der Waals surface area contributed by atoms with E-state index in [-0.39, 0.29) is 11.7 Å². The molecule has 186 valence electrons. The molecule has 9 nitrogen and oxygen atoms in total. The van der Waals surface area contributed by atoms with Crippen molar-refractivity contribution in [2.45, 2.75) is 45.8 Å². The first-order valence-corrected chi connectivity index (χ1v) is 12.1. The second kappa shape index (κ2) is 8.75. The van der Waals surface area contributed by atoms with Crippen molar-refractivity contribution in [3.63, 3.8) is 0 Å². The topological polar surface area (TPSA) is 105 Å². The Kier molecular flexibility index (Phi) is 5.86. The van der Waals surface area contributed by atoms with E-state index in [1.165, 1.54) is 12.4 Å². The minimum atomic E-state index is -0.487. The zero-order valence-electron chi connectivity index (χ0n) is 20.8. The van der Waals surface area contributed by atoms with Crippen LogP contribution >= 0.6 is 0 Å². The highest BCUT2D eigenvalue weighted by atomic mass is 19.1. The highest BCUT2D eigenvalue weighted by Gasteiger charge is 2.44. The first-order chi connectivity index (χ1) is 16.7. The van der Waals surface area contributed by atoms with Crippen molar-refractivity contribution in [1.82, 2.24) is 29.7 Å². The Balaban J connectivity index is 1.50. The Morgan fingerprint density at radius 2 is 2.06 bits per heavy atom. The zero-order chi connectivity index (χ0) is 24.9. The molecule has 10 heteroatoms. The minimum Gasteiger partial charge on any atom is -0.382 e. The lowest BCUT2D eigenvalue weighted by atomic mass is 9.88. The smallest absolute Gasteiger partial charge is 0.228 e. The lowest BCUT2D eigenvalue weighted by Gasteiger charge is -2.28. The second-order valence-corrected chi connectivity index (χ2v) is 10.6. The number of rotatable bonds is 7. The summed E-state index contributed by atoms with van der Waals surface area (Å²) in [6.07, 6.45) is 4.88. The molecule has 1 saturated carbocycles. The van der Waals surface area contributed by atoms with E-state index in [0.29, 0.717) is 54.1 Å². The van der Waals surface area contributed by atoms with Gasteiger partial charge in [-0.1, -0.05) is 6.92 Å². The third kappa shape index (κ3) is 4.42. The molecule has 3 N–H and O–H groups in total. The number of carbonyl (C=O) groups is 1. The van der Waals surface area contributed by atoms with Crippen LogP contribution in [0.15, 0.2) is 24.8 Å². The maximum Gasteiger partial charge on any atom is 0.228 e. The number of amides is 1. The van der Waals surface area contributed by atoms with Gasteiger partial charge in [0.15, 0.2) is 11.5 Å². The van der Waals surface area contributed by atoms with E-state index in [9.17, 15) is 4.79 Å². The summed E-state index contributed by atoms with van der Waals surface area (Å²) in [5, 5.41) is 3.21. The van der Waals surface area contributed by atoms with Crippen LogP contribution in [0.2, 0.25) is 0 Å². The van der Waals surface area contributed by atoms with Crippen molar-refractivity contribution in [3.8, 4) is 0 Å². The Hall–Kier alpha value is -3.27. The summed E-state index contributed by atoms with van der Waals surface area (Å²) in [5.41, 5.74) is 9.04. The van der Waals surface area contributed by atoms with Gasteiger partial charge in [-0.25, -0.2) is 19.3 Å². The van der Waals surface area contributed by atoms with Crippen LogP contribution in [-0.4, -0.2) is 63.6 Å². The van der Waals surface area contributed by atoms with Gasteiger partial charge in [0.2, 0.25) is 5.91 Å². The van der Waals surface area contributed by atoms with Gasteiger partial charge in [0.1, 0.15) is 17.7 Å². The number of benzene rings is 1. The van der Waals surface area contributed by atoms with E-state index in [0.717, 1.165) is 30.6 Å². The van der Waals surface area contributed by atoms with Crippen LogP contribution in [0, 0.1) is 17.2 Å². The monoisotopic (exact) mass is 480 g/mol. The SMILES string of the molecule is C[C@H]1C[C@@H]1NC(=O)[C@@]1(C)CCN(c2ccc(F)c(CN(C)C)c2Cn2cnc3c(N)ncnc32)C1. The molecule has 0 spiro atoms. The molecular weight excluding hydrogens is 447 g/mol. The number of nitrogens with one attached hydrogen (secondary N) is 1. The molecule has 1 aliphatic heterocycles. The van der Waals surface area contributed by atoms with E-state index in [4.69, 9.17) is 5.73 Å². The Morgan fingerprint density at radius 1 is 1.29 bits per heavy atom. The lowest BCUT2D eigenvalue weighted by molar-refractivity contribution is -0.129. The van der Waals surface area contributed by atoms with Crippen LogP contribution in [-0.2, 0) is 17.9 Å². The predicted octanol–water partition coefficient (Wildman–Crippen LogP) is 2.40. The van der Waals surface area contributed by atoms with Gasteiger partial charge in [-0.3, -0.25) is 4.79 Å². The average Bonchev–Trinajstić information content (AvgIpc) is 3.17. The number of carbonyl (C=O) groups excluding carboxylic acids is 1. The van der Waals surface area contributed by atoms with Crippen LogP contribution < -0.4 is 16.0 Å². The number of anilines is 2. The molecule has 0 bridgehead atoms. The summed E-state index contributed by atoms with van der Waals surface area (Å²) in [5.74, 6) is 0.728. The molecule has 35 heavy (non-hydrogen) atoms. The van der Waals surface area contributed by atoms with Gasteiger partial charge in [0.25, 0.3) is 0 Å². The summed E-state index contributed by atoms with van der Waals surface area (Å²) < 4.78 is 17.0. The minimum absolute atomic E-state index is 0.110. The number of hydrogen-bond donors (Lipinski definition) is 2. The van der Waals surface area contributed by atoms with Crippen molar-refractivity contribution in [2.24, 2.45) is 11.3 Å². The number of hydrogen-bond acceptors (Lipinski definition) is 7. The maximum absolute atomic E-state index is 15.2. The lowest BCUT2D eigenvalue weighted by Crippen LogP contribution is -2.42. The number of halogens is 1. The number of imidazole rings is 1. The van der Waals surface area contributed by atoms with E-state index in [1.807, 2.05) is 36.6 Å². The van der Waals surface area contributed by atoms with E-state index >= 15 is 4.39 Å². The molecule has 3 aromatic rings. The van der Waals surface area contributed by atoms with Crippen molar-refractivity contribution in [1.29, 1.82) is 0 Å². The number of nitrogens with two attached hydrogens (primary N) is 1. The van der Waals surface area contributed by atoms with Gasteiger partial charge < -0.3 is 25.4 Å². The summed E-state index contributed by atoms with van der Waals surface area (Å²) >= 11 is 0. The largest absolute Gasteiger partial charge is 0.382 e. The van der Waals surface area contributed by atoms with Crippen molar-refractivity contribution >= 4 is 28.6 Å². The number of fused-ring (bicyclic) bond motifs is 1. The number of nitrogens with zero attached hydrogens (tertiary/aromatic N) is 6. The molecule has 1 saturated heterocycles. The van der Waals surface area contributed by atoms with Crippen LogP contribution in [0.4, 0.5) is 15.9 Å². The van der Waals surface area contributed by atoms with Gasteiger partial charge in [0.05, 0.1) is 18.3 Å². The maximum atomic E-state index is 15.2. The highest BCUT2D eigenvalue weighted by molar-refractivity contribution is 5.84. The van der Waals surface area contributed by atoms with Gasteiger partial charge in [-0.15, -0.1) is 0 Å². The molecule has 1 aromatic carbocycles. The Morgan fingerprint density at radius 3 is 2.77 bits per heavy atom. The fraction of sp³-hybridized carbons (Fsp3) is 0.520. The predicted molar refractivity (Wildman–Crippen MR) is 133 cm³/mol. The molecule has 5 rings (SSSR count). The van der Waals surface area contributed by atoms with Crippen molar-refractivity contribution in [2.75, 3.05) is 37.8 Å². The average molecular weight is 481 g/mol. The molecule has 3 heterocycles. The summed E-state index contributed by atoms with van der Waals surface area (Å²) in [6.45, 7) is 6.32. The van der Waals surface area contributed by atoms with Gasteiger partial charge in [0, 0.05) is 42.5 Å². The van der Waals surface area contributed by atoms with Gasteiger partial charge >= 0.3 is 0 Å². The van der Waals surface area contributed by atoms with Crippen molar-refractivity contribution in [3.05, 3.63) is 41.7 Å². The number of aromatic nitrogens is 4. The normalized spacial score (nSPS) is 23.9. The fourth-order valence-corrected chi connectivity index (χ4v) is 5.01.